The second-order valence-electron chi connectivity index (χ2n) is 7.27. The molecule has 7 heteroatoms. The van der Waals surface area contributed by atoms with E-state index >= 15 is 0 Å². The van der Waals surface area contributed by atoms with Crippen LogP contribution in [0.2, 0.25) is 5.02 Å². The Morgan fingerprint density at radius 3 is 2.50 bits per heavy atom. The highest BCUT2D eigenvalue weighted by Crippen LogP contribution is 2.46. The number of thioether (sulfide) groups is 1. The van der Waals surface area contributed by atoms with Crippen LogP contribution < -0.4 is 15.4 Å². The van der Waals surface area contributed by atoms with Gasteiger partial charge in [-0.25, -0.2) is 4.79 Å². The molecule has 5 rings (SSSR count). The topological polar surface area (TPSA) is 60.5 Å². The number of fused-ring (bicyclic) bond motifs is 3. The zero-order chi connectivity index (χ0) is 20.7. The van der Waals surface area contributed by atoms with Crippen molar-refractivity contribution in [1.82, 2.24) is 0 Å². The number of hydrogen-bond donors (Lipinski definition) is 0. The van der Waals surface area contributed by atoms with Crippen molar-refractivity contribution in [2.45, 2.75) is 10.6 Å². The van der Waals surface area contributed by atoms with Crippen LogP contribution in [-0.2, 0) is 5.75 Å². The van der Waals surface area contributed by atoms with E-state index in [1.807, 2.05) is 36.4 Å². The summed E-state index contributed by atoms with van der Waals surface area (Å²) in [5, 5.41) is 10.3. The number of halogens is 1. The predicted molar refractivity (Wildman–Crippen MR) is 121 cm³/mol. The normalized spacial score (nSPS) is 15.3. The van der Waals surface area contributed by atoms with E-state index < -0.39 is 5.63 Å². The summed E-state index contributed by atoms with van der Waals surface area (Å²) in [6.07, 6.45) is 0. The zero-order valence-corrected chi connectivity index (χ0v) is 17.7. The van der Waals surface area contributed by atoms with E-state index in [2.05, 4.69) is 28.0 Å². The summed E-state index contributed by atoms with van der Waals surface area (Å²) in [5.41, 5.74) is 3.13. The Hall–Kier alpha value is -2.88. The quantitative estimate of drug-likeness (QED) is 0.578. The summed E-state index contributed by atoms with van der Waals surface area (Å²) in [6, 6.07) is 18.0. The summed E-state index contributed by atoms with van der Waals surface area (Å²) in [5.74, 6) is 1.19. The van der Waals surface area contributed by atoms with Crippen molar-refractivity contribution in [3.63, 3.8) is 0 Å². The number of nitrogens with zero attached hydrogens (tertiary/aromatic N) is 3. The van der Waals surface area contributed by atoms with Crippen molar-refractivity contribution in [1.29, 1.82) is 5.26 Å². The van der Waals surface area contributed by atoms with Crippen LogP contribution in [0.15, 0.2) is 62.6 Å². The van der Waals surface area contributed by atoms with Gasteiger partial charge in [0.05, 0.1) is 5.69 Å². The minimum absolute atomic E-state index is 0.0907. The molecule has 30 heavy (non-hydrogen) atoms. The number of hydrogen-bond acceptors (Lipinski definition) is 6. The maximum absolute atomic E-state index is 12.7. The molecule has 0 spiro atoms. The maximum atomic E-state index is 12.7. The molecule has 3 aromatic rings. The number of benzene rings is 2. The summed E-state index contributed by atoms with van der Waals surface area (Å²) in [7, 11) is 0. The molecule has 2 aliphatic heterocycles. The largest absolute Gasteiger partial charge is 0.421 e. The van der Waals surface area contributed by atoms with Crippen LogP contribution in [-0.4, -0.2) is 26.2 Å². The Labute approximate surface area is 183 Å². The van der Waals surface area contributed by atoms with Gasteiger partial charge in [-0.1, -0.05) is 29.8 Å². The second-order valence-corrected chi connectivity index (χ2v) is 8.73. The van der Waals surface area contributed by atoms with Crippen LogP contribution in [0.25, 0.3) is 11.3 Å². The number of para-hydroxylation sites is 1. The van der Waals surface area contributed by atoms with Gasteiger partial charge in [-0.15, -0.1) is 11.8 Å². The first-order valence-corrected chi connectivity index (χ1v) is 11.1. The first kappa shape index (κ1) is 19.1. The molecule has 0 radical (unpaired) electrons. The number of piperazine rings is 1. The van der Waals surface area contributed by atoms with Crippen molar-refractivity contribution < 1.29 is 4.42 Å². The van der Waals surface area contributed by atoms with Gasteiger partial charge in [0.25, 0.3) is 0 Å². The maximum Gasteiger partial charge on any atom is 0.356 e. The molecule has 1 aromatic heterocycles. The molecular weight excluding hydrogens is 418 g/mol. The molecule has 150 valence electrons. The minimum Gasteiger partial charge on any atom is -0.421 e. The Morgan fingerprint density at radius 2 is 1.77 bits per heavy atom. The average molecular weight is 436 g/mol. The smallest absolute Gasteiger partial charge is 0.356 e. The Morgan fingerprint density at radius 1 is 1.03 bits per heavy atom. The van der Waals surface area contributed by atoms with Crippen LogP contribution in [0.4, 0.5) is 11.4 Å². The molecule has 0 aliphatic carbocycles. The van der Waals surface area contributed by atoms with E-state index in [4.69, 9.17) is 16.0 Å². The lowest BCUT2D eigenvalue weighted by molar-refractivity contribution is 0.515. The highest BCUT2D eigenvalue weighted by Gasteiger charge is 2.30. The van der Waals surface area contributed by atoms with Gasteiger partial charge in [0.15, 0.2) is 5.56 Å². The highest BCUT2D eigenvalue weighted by molar-refractivity contribution is 7.98. The first-order valence-electron chi connectivity index (χ1n) is 9.73. The number of rotatable bonds is 2. The molecule has 1 saturated heterocycles. The summed E-state index contributed by atoms with van der Waals surface area (Å²) < 4.78 is 5.64. The van der Waals surface area contributed by atoms with Crippen LogP contribution in [0.3, 0.4) is 0 Å². The van der Waals surface area contributed by atoms with Crippen molar-refractivity contribution in [3.05, 3.63) is 75.1 Å². The van der Waals surface area contributed by atoms with Gasteiger partial charge in [-0.05, 0) is 30.3 Å². The third-order valence-corrected chi connectivity index (χ3v) is 6.92. The average Bonchev–Trinajstić information content (AvgIpc) is 2.79. The van der Waals surface area contributed by atoms with Crippen molar-refractivity contribution in [2.24, 2.45) is 0 Å². The van der Waals surface area contributed by atoms with Crippen LogP contribution in [0, 0.1) is 11.3 Å². The lowest BCUT2D eigenvalue weighted by Crippen LogP contribution is -2.47. The Bertz CT molecular complexity index is 1210. The molecule has 0 bridgehead atoms. The molecule has 3 heterocycles. The fourth-order valence-corrected chi connectivity index (χ4v) is 5.35. The fourth-order valence-electron chi connectivity index (χ4n) is 4.14. The van der Waals surface area contributed by atoms with Gasteiger partial charge in [0.2, 0.25) is 0 Å². The third kappa shape index (κ3) is 3.24. The van der Waals surface area contributed by atoms with Crippen LogP contribution in [0.1, 0.15) is 11.1 Å². The molecule has 0 N–H and O–H groups in total. The van der Waals surface area contributed by atoms with E-state index in [1.54, 1.807) is 11.8 Å². The molecule has 2 aromatic carbocycles. The Balaban J connectivity index is 1.55. The van der Waals surface area contributed by atoms with Crippen LogP contribution >= 0.6 is 23.4 Å². The van der Waals surface area contributed by atoms with Gasteiger partial charge in [-0.3, -0.25) is 0 Å². The number of nitriles is 1. The molecule has 0 amide bonds. The second kappa shape index (κ2) is 7.75. The van der Waals surface area contributed by atoms with E-state index in [9.17, 15) is 10.1 Å². The summed E-state index contributed by atoms with van der Waals surface area (Å²) in [4.78, 5) is 18.2. The zero-order valence-electron chi connectivity index (χ0n) is 16.1. The standard InChI is InChI=1S/C23H18ClN3O2S/c24-15-6-7-20-17(12-15)22-19(14-30-20)21(18(13-25)23(28)29-22)27-10-8-26(9-11-27)16-4-2-1-3-5-16/h1-7,12H,8-11,14H2. The molecule has 0 saturated carbocycles. The molecule has 0 unspecified atom stereocenters. The Kier molecular flexibility index (Phi) is 4.93. The van der Waals surface area contributed by atoms with Gasteiger partial charge < -0.3 is 14.2 Å². The van der Waals surface area contributed by atoms with Gasteiger partial charge in [0.1, 0.15) is 11.8 Å². The van der Waals surface area contributed by atoms with Crippen LogP contribution in [0.5, 0.6) is 0 Å². The SMILES string of the molecule is N#Cc1c(N2CCN(c3ccccc3)CC2)c2c(oc1=O)-c1cc(Cl)ccc1SC2. The third-order valence-electron chi connectivity index (χ3n) is 5.58. The molecule has 5 nitrogen and oxygen atoms in total. The van der Waals surface area contributed by atoms with Gasteiger partial charge in [-0.2, -0.15) is 5.26 Å². The summed E-state index contributed by atoms with van der Waals surface area (Å²) >= 11 is 7.88. The lowest BCUT2D eigenvalue weighted by atomic mass is 10.0. The van der Waals surface area contributed by atoms with E-state index in [0.29, 0.717) is 16.5 Å². The van der Waals surface area contributed by atoms with Crippen molar-refractivity contribution in [2.75, 3.05) is 36.0 Å². The number of anilines is 2. The van der Waals surface area contributed by atoms with Crippen molar-refractivity contribution in [3.8, 4) is 17.4 Å². The van der Waals surface area contributed by atoms with E-state index in [0.717, 1.165) is 47.9 Å². The van der Waals surface area contributed by atoms with Crippen molar-refractivity contribution >= 4 is 34.7 Å². The van der Waals surface area contributed by atoms with Gasteiger partial charge in [0, 0.05) is 58.7 Å². The van der Waals surface area contributed by atoms with Gasteiger partial charge >= 0.3 is 5.63 Å². The monoisotopic (exact) mass is 435 g/mol. The van der Waals surface area contributed by atoms with E-state index in [1.165, 1.54) is 5.69 Å². The predicted octanol–water partition coefficient (Wildman–Crippen LogP) is 4.76. The minimum atomic E-state index is -0.588. The molecular formula is C23H18ClN3O2S. The molecule has 2 aliphatic rings. The molecule has 1 fully saturated rings. The fraction of sp³-hybridized carbons (Fsp3) is 0.217. The molecule has 0 atom stereocenters. The lowest BCUT2D eigenvalue weighted by Gasteiger charge is -2.38. The van der Waals surface area contributed by atoms with E-state index in [-0.39, 0.29) is 5.56 Å². The highest BCUT2D eigenvalue weighted by atomic mass is 35.5. The first-order chi connectivity index (χ1) is 14.7. The summed E-state index contributed by atoms with van der Waals surface area (Å²) in [6.45, 7) is 3.10.